The average Bonchev–Trinajstić information content (AvgIpc) is 3.07. The van der Waals surface area contributed by atoms with Crippen LogP contribution in [0.2, 0.25) is 0 Å². The Morgan fingerprint density at radius 3 is 1.83 bits per heavy atom. The molecule has 1 nitrogen and oxygen atoms in total. The van der Waals surface area contributed by atoms with Gasteiger partial charge in [-0.15, -0.1) is 22.7 Å². The van der Waals surface area contributed by atoms with Crippen LogP contribution >= 0.6 is 34.0 Å². The van der Waals surface area contributed by atoms with Crippen molar-refractivity contribution in [2.24, 2.45) is 0 Å². The lowest BCUT2D eigenvalue weighted by molar-refractivity contribution is 0.427. The fourth-order valence-electron chi connectivity index (χ4n) is 1.73. The normalized spacial score (nSPS) is 10.8. The first kappa shape index (κ1) is 12.0. The van der Waals surface area contributed by atoms with Gasteiger partial charge in [0.1, 0.15) is 0 Å². The smallest absolute Gasteiger partial charge is 0.173 e. The molecule has 3 rings (SSSR count). The Kier molecular flexibility index (Phi) is 3.24. The lowest BCUT2D eigenvalue weighted by Crippen LogP contribution is -1.73. The van der Waals surface area contributed by atoms with Crippen molar-refractivity contribution in [3.8, 4) is 24.6 Å². The molecule has 0 saturated carbocycles. The molecule has 3 heterocycles. The highest BCUT2D eigenvalue weighted by atomic mass is 32.1. The monoisotopic (exact) mass is 292 g/mol. The fraction of sp³-hybridized carbons (Fsp3) is 0.143. The van der Waals surface area contributed by atoms with Crippen molar-refractivity contribution in [3.05, 3.63) is 41.3 Å². The van der Waals surface area contributed by atoms with E-state index in [4.69, 9.17) is 4.74 Å². The van der Waals surface area contributed by atoms with E-state index in [0.717, 1.165) is 5.06 Å². The van der Waals surface area contributed by atoms with Crippen LogP contribution in [0.4, 0.5) is 0 Å². The predicted octanol–water partition coefficient (Wildman–Crippen LogP) is 5.52. The van der Waals surface area contributed by atoms with Gasteiger partial charge in [-0.3, -0.25) is 0 Å². The van der Waals surface area contributed by atoms with Gasteiger partial charge in [-0.05, 0) is 43.3 Å². The van der Waals surface area contributed by atoms with Gasteiger partial charge in [0.25, 0.3) is 0 Å². The second-order valence-electron chi connectivity index (χ2n) is 3.90. The standard InChI is InChI=1S/C14H12OS3/c1-9-3-4-10(16-9)11-5-6-12(17-11)13-7-8-14(15-2)18-13/h3-8H,1-2H3. The van der Waals surface area contributed by atoms with E-state index in [-0.39, 0.29) is 0 Å². The van der Waals surface area contributed by atoms with Gasteiger partial charge >= 0.3 is 0 Å². The molecular weight excluding hydrogens is 280 g/mol. The van der Waals surface area contributed by atoms with E-state index in [1.54, 1.807) is 18.4 Å². The number of thiophene rings is 3. The molecule has 92 valence electrons. The van der Waals surface area contributed by atoms with Crippen molar-refractivity contribution in [2.45, 2.75) is 6.92 Å². The molecule has 0 aromatic carbocycles. The maximum Gasteiger partial charge on any atom is 0.173 e. The van der Waals surface area contributed by atoms with Crippen LogP contribution in [0.15, 0.2) is 36.4 Å². The third-order valence-corrected chi connectivity index (χ3v) is 6.14. The number of ether oxygens (including phenoxy) is 1. The van der Waals surface area contributed by atoms with Crippen LogP contribution in [0, 0.1) is 6.92 Å². The molecule has 0 bridgehead atoms. The third kappa shape index (κ3) is 2.23. The second kappa shape index (κ2) is 4.88. The predicted molar refractivity (Wildman–Crippen MR) is 82.2 cm³/mol. The highest BCUT2D eigenvalue weighted by Gasteiger charge is 2.08. The molecule has 4 heteroatoms. The minimum absolute atomic E-state index is 0.965. The Hall–Kier alpha value is -1.10. The molecule has 18 heavy (non-hydrogen) atoms. The van der Waals surface area contributed by atoms with Gasteiger partial charge in [-0.1, -0.05) is 11.3 Å². The molecule has 0 radical (unpaired) electrons. The van der Waals surface area contributed by atoms with Crippen molar-refractivity contribution in [1.82, 2.24) is 0 Å². The van der Waals surface area contributed by atoms with Gasteiger partial charge in [0, 0.05) is 24.4 Å². The molecule has 0 spiro atoms. The summed E-state index contributed by atoms with van der Waals surface area (Å²) in [6.45, 7) is 2.15. The topological polar surface area (TPSA) is 9.23 Å². The maximum atomic E-state index is 5.24. The average molecular weight is 292 g/mol. The number of hydrogen-bond donors (Lipinski definition) is 0. The maximum absolute atomic E-state index is 5.24. The van der Waals surface area contributed by atoms with Crippen molar-refractivity contribution in [2.75, 3.05) is 7.11 Å². The molecule has 0 N–H and O–H groups in total. The Balaban J connectivity index is 1.93. The molecule has 0 aliphatic heterocycles. The molecule has 0 fully saturated rings. The summed E-state index contributed by atoms with van der Waals surface area (Å²) in [6.07, 6.45) is 0. The van der Waals surface area contributed by atoms with Gasteiger partial charge in [-0.2, -0.15) is 0 Å². The molecule has 0 aliphatic carbocycles. The number of hydrogen-bond acceptors (Lipinski definition) is 4. The van der Waals surface area contributed by atoms with Gasteiger partial charge in [-0.25, -0.2) is 0 Å². The van der Waals surface area contributed by atoms with Crippen molar-refractivity contribution < 1.29 is 4.74 Å². The Labute approximate surface area is 118 Å². The molecule has 3 aromatic heterocycles. The summed E-state index contributed by atoms with van der Waals surface area (Å²) in [5.74, 6) is 0. The summed E-state index contributed by atoms with van der Waals surface area (Å²) in [4.78, 5) is 6.64. The van der Waals surface area contributed by atoms with Gasteiger partial charge in [0.05, 0.1) is 7.11 Å². The molecule has 0 amide bonds. The summed E-state index contributed by atoms with van der Waals surface area (Å²) >= 11 is 5.38. The van der Waals surface area contributed by atoms with Crippen LogP contribution in [0.25, 0.3) is 19.5 Å². The minimum atomic E-state index is 0.965. The van der Waals surface area contributed by atoms with E-state index in [2.05, 4.69) is 37.3 Å². The molecule has 0 atom stereocenters. The summed E-state index contributed by atoms with van der Waals surface area (Å²) < 4.78 is 5.24. The summed E-state index contributed by atoms with van der Waals surface area (Å²) in [5.41, 5.74) is 0. The zero-order valence-electron chi connectivity index (χ0n) is 10.1. The quantitative estimate of drug-likeness (QED) is 0.617. The minimum Gasteiger partial charge on any atom is -0.487 e. The zero-order valence-corrected chi connectivity index (χ0v) is 12.5. The molecular formula is C14H12OS3. The second-order valence-corrected chi connectivity index (χ2v) is 7.31. The SMILES string of the molecule is COc1ccc(-c2ccc(-c3ccc(C)s3)s2)s1. The Bertz CT molecular complexity index is 660. The molecule has 0 saturated heterocycles. The molecule has 0 unspecified atom stereocenters. The number of aryl methyl sites for hydroxylation is 1. The lowest BCUT2D eigenvalue weighted by Gasteiger charge is -1.91. The Morgan fingerprint density at radius 2 is 1.28 bits per heavy atom. The summed E-state index contributed by atoms with van der Waals surface area (Å²) in [5, 5.41) is 0.965. The first-order valence-electron chi connectivity index (χ1n) is 5.57. The van der Waals surface area contributed by atoms with Crippen LogP contribution in [0.5, 0.6) is 5.06 Å². The van der Waals surface area contributed by atoms with Gasteiger partial charge < -0.3 is 4.74 Å². The van der Waals surface area contributed by atoms with Crippen molar-refractivity contribution in [3.63, 3.8) is 0 Å². The lowest BCUT2D eigenvalue weighted by atomic mass is 10.3. The van der Waals surface area contributed by atoms with Crippen LogP contribution in [-0.2, 0) is 0 Å². The van der Waals surface area contributed by atoms with E-state index in [1.807, 2.05) is 28.7 Å². The molecule has 3 aromatic rings. The first-order valence-corrected chi connectivity index (χ1v) is 8.02. The largest absolute Gasteiger partial charge is 0.487 e. The summed E-state index contributed by atoms with van der Waals surface area (Å²) in [6, 6.07) is 12.9. The van der Waals surface area contributed by atoms with Crippen LogP contribution < -0.4 is 4.74 Å². The molecule has 0 aliphatic rings. The summed E-state index contributed by atoms with van der Waals surface area (Å²) in [7, 11) is 1.71. The van der Waals surface area contributed by atoms with Crippen LogP contribution in [0.3, 0.4) is 0 Å². The van der Waals surface area contributed by atoms with E-state index in [1.165, 1.54) is 24.4 Å². The third-order valence-electron chi connectivity index (χ3n) is 2.61. The van der Waals surface area contributed by atoms with E-state index in [0.29, 0.717) is 0 Å². The van der Waals surface area contributed by atoms with Gasteiger partial charge in [0.2, 0.25) is 0 Å². The first-order chi connectivity index (χ1) is 8.76. The highest BCUT2D eigenvalue weighted by Crippen LogP contribution is 2.41. The number of methoxy groups -OCH3 is 1. The van der Waals surface area contributed by atoms with Crippen LogP contribution in [0.1, 0.15) is 4.88 Å². The van der Waals surface area contributed by atoms with Crippen LogP contribution in [-0.4, -0.2) is 7.11 Å². The van der Waals surface area contributed by atoms with E-state index in [9.17, 15) is 0 Å². The van der Waals surface area contributed by atoms with Crippen molar-refractivity contribution >= 4 is 34.0 Å². The fourth-order valence-corrected chi connectivity index (χ4v) is 4.61. The zero-order chi connectivity index (χ0) is 12.5. The van der Waals surface area contributed by atoms with Crippen molar-refractivity contribution in [1.29, 1.82) is 0 Å². The van der Waals surface area contributed by atoms with Gasteiger partial charge in [0.15, 0.2) is 5.06 Å². The Morgan fingerprint density at radius 1 is 0.722 bits per heavy atom. The highest BCUT2D eigenvalue weighted by molar-refractivity contribution is 7.26. The van der Waals surface area contributed by atoms with E-state index < -0.39 is 0 Å². The number of rotatable bonds is 3. The van der Waals surface area contributed by atoms with E-state index >= 15 is 0 Å².